The maximum Gasteiger partial charge on any atom is 0.339 e. The normalized spacial score (nSPS) is 14.9. The Kier molecular flexibility index (Phi) is 6.51. The molecule has 35 heavy (non-hydrogen) atoms. The van der Waals surface area contributed by atoms with Crippen LogP contribution >= 0.6 is 11.6 Å². The fraction of sp³-hybridized carbons (Fsp3) is 0.207. The molecule has 1 amide bonds. The second-order valence-corrected chi connectivity index (χ2v) is 9.21. The van der Waals surface area contributed by atoms with E-state index < -0.39 is 5.97 Å². The number of aryl methyl sites for hydroxylation is 1. The summed E-state index contributed by atoms with van der Waals surface area (Å²) in [5.74, 6) is -0.866. The van der Waals surface area contributed by atoms with Gasteiger partial charge in [-0.25, -0.2) is 9.78 Å². The topological polar surface area (TPSA) is 68.3 Å². The molecular weight excluding hydrogens is 460 g/mol. The van der Waals surface area contributed by atoms with Crippen LogP contribution in [0, 0.1) is 6.92 Å². The largest absolute Gasteiger partial charge is 0.452 e. The van der Waals surface area contributed by atoms with Gasteiger partial charge in [0.1, 0.15) is 0 Å². The van der Waals surface area contributed by atoms with Crippen molar-refractivity contribution in [2.75, 3.05) is 6.61 Å². The number of carbonyl (C=O) groups excluding carboxylic acids is 2. The van der Waals surface area contributed by atoms with Gasteiger partial charge in [0, 0.05) is 16.0 Å². The zero-order valence-corrected chi connectivity index (χ0v) is 20.1. The Balaban J connectivity index is 1.38. The summed E-state index contributed by atoms with van der Waals surface area (Å²) >= 11 is 6.20. The Morgan fingerprint density at radius 1 is 1.06 bits per heavy atom. The SMILES string of the molecule is Cc1c(-c2cccc(Cl)c2)nc2ccccc2c1C(=O)OCC(=O)NC1CCCc2ccccc21. The molecule has 5 nitrogen and oxygen atoms in total. The van der Waals surface area contributed by atoms with E-state index in [9.17, 15) is 9.59 Å². The van der Waals surface area contributed by atoms with Gasteiger partial charge in [-0.3, -0.25) is 4.79 Å². The smallest absolute Gasteiger partial charge is 0.339 e. The van der Waals surface area contributed by atoms with Crippen molar-refractivity contribution in [3.63, 3.8) is 0 Å². The van der Waals surface area contributed by atoms with E-state index in [1.807, 2.05) is 61.5 Å². The van der Waals surface area contributed by atoms with Gasteiger partial charge in [0.25, 0.3) is 5.91 Å². The molecule has 3 aromatic carbocycles. The first-order chi connectivity index (χ1) is 17.0. The van der Waals surface area contributed by atoms with Crippen molar-refractivity contribution in [3.8, 4) is 11.3 Å². The van der Waals surface area contributed by atoms with E-state index in [1.54, 1.807) is 6.07 Å². The summed E-state index contributed by atoms with van der Waals surface area (Å²) < 4.78 is 5.52. The Morgan fingerprint density at radius 2 is 1.86 bits per heavy atom. The summed E-state index contributed by atoms with van der Waals surface area (Å²) in [4.78, 5) is 30.8. The average Bonchev–Trinajstić information content (AvgIpc) is 2.87. The number of para-hydroxylation sites is 1. The highest BCUT2D eigenvalue weighted by molar-refractivity contribution is 6.30. The quantitative estimate of drug-likeness (QED) is 0.342. The van der Waals surface area contributed by atoms with Crippen molar-refractivity contribution < 1.29 is 14.3 Å². The van der Waals surface area contributed by atoms with Gasteiger partial charge >= 0.3 is 5.97 Å². The van der Waals surface area contributed by atoms with Crippen LogP contribution in [0.1, 0.15) is 45.9 Å². The van der Waals surface area contributed by atoms with Gasteiger partial charge in [-0.2, -0.15) is 0 Å². The molecule has 1 aliphatic rings. The van der Waals surface area contributed by atoms with Gasteiger partial charge in [-0.1, -0.05) is 66.2 Å². The first-order valence-electron chi connectivity index (χ1n) is 11.7. The lowest BCUT2D eigenvalue weighted by atomic mass is 9.88. The van der Waals surface area contributed by atoms with Gasteiger partial charge in [0.15, 0.2) is 6.61 Å². The van der Waals surface area contributed by atoms with Crippen molar-refractivity contribution in [3.05, 3.63) is 100 Å². The van der Waals surface area contributed by atoms with Gasteiger partial charge < -0.3 is 10.1 Å². The third kappa shape index (κ3) is 4.77. The minimum Gasteiger partial charge on any atom is -0.452 e. The number of aromatic nitrogens is 1. The summed E-state index contributed by atoms with van der Waals surface area (Å²) in [7, 11) is 0. The van der Waals surface area contributed by atoms with Crippen molar-refractivity contribution in [2.45, 2.75) is 32.2 Å². The van der Waals surface area contributed by atoms with E-state index >= 15 is 0 Å². The lowest BCUT2D eigenvalue weighted by Gasteiger charge is -2.26. The number of halogens is 1. The number of benzene rings is 3. The van der Waals surface area contributed by atoms with Gasteiger partial charge in [0.05, 0.1) is 22.8 Å². The molecule has 5 rings (SSSR count). The maximum absolute atomic E-state index is 13.3. The number of nitrogens with one attached hydrogen (secondary N) is 1. The third-order valence-electron chi connectivity index (χ3n) is 6.48. The first kappa shape index (κ1) is 23.1. The molecule has 4 aromatic rings. The molecule has 0 saturated heterocycles. The number of carbonyl (C=O) groups is 2. The molecule has 0 saturated carbocycles. The average molecular weight is 485 g/mol. The zero-order valence-electron chi connectivity index (χ0n) is 19.4. The summed E-state index contributed by atoms with van der Waals surface area (Å²) in [6.07, 6.45) is 2.89. The lowest BCUT2D eigenvalue weighted by molar-refractivity contribution is -0.125. The van der Waals surface area contributed by atoms with Gasteiger partial charge in [-0.05, 0) is 61.1 Å². The predicted octanol–water partition coefficient (Wildman–Crippen LogP) is 6.21. The number of pyridine rings is 1. The molecule has 0 bridgehead atoms. The Labute approximate surface area is 209 Å². The minimum absolute atomic E-state index is 0.0657. The first-order valence-corrected chi connectivity index (χ1v) is 12.1. The van der Waals surface area contributed by atoms with E-state index in [0.717, 1.165) is 30.4 Å². The molecule has 0 radical (unpaired) electrons. The molecule has 0 fully saturated rings. The molecule has 1 aromatic heterocycles. The van der Waals surface area contributed by atoms with Crippen LogP contribution in [0.5, 0.6) is 0 Å². The summed E-state index contributed by atoms with van der Waals surface area (Å²) in [5, 5.41) is 4.30. The monoisotopic (exact) mass is 484 g/mol. The maximum atomic E-state index is 13.3. The highest BCUT2D eigenvalue weighted by Crippen LogP contribution is 2.32. The summed E-state index contributed by atoms with van der Waals surface area (Å²) in [6, 6.07) is 22.9. The van der Waals surface area contributed by atoms with Gasteiger partial charge in [-0.15, -0.1) is 0 Å². The van der Waals surface area contributed by atoms with E-state index in [-0.39, 0.29) is 18.6 Å². The third-order valence-corrected chi connectivity index (χ3v) is 6.71. The van der Waals surface area contributed by atoms with E-state index in [1.165, 1.54) is 5.56 Å². The number of fused-ring (bicyclic) bond motifs is 2. The number of ether oxygens (including phenoxy) is 1. The van der Waals surface area contributed by atoms with Crippen LogP contribution in [0.3, 0.4) is 0 Å². The van der Waals surface area contributed by atoms with E-state index in [4.69, 9.17) is 21.3 Å². The number of rotatable bonds is 5. The van der Waals surface area contributed by atoms with Crippen LogP contribution in [-0.4, -0.2) is 23.5 Å². The van der Waals surface area contributed by atoms with Crippen LogP contribution < -0.4 is 5.32 Å². The second-order valence-electron chi connectivity index (χ2n) is 8.78. The predicted molar refractivity (Wildman–Crippen MR) is 137 cm³/mol. The minimum atomic E-state index is -0.552. The van der Waals surface area contributed by atoms with Crippen LogP contribution in [0.25, 0.3) is 22.2 Å². The second kappa shape index (κ2) is 9.88. The van der Waals surface area contributed by atoms with Crippen molar-refractivity contribution in [1.29, 1.82) is 0 Å². The Morgan fingerprint density at radius 3 is 2.71 bits per heavy atom. The van der Waals surface area contributed by atoms with Crippen molar-refractivity contribution in [2.24, 2.45) is 0 Å². The number of amides is 1. The molecule has 1 N–H and O–H groups in total. The molecule has 1 unspecified atom stereocenters. The molecule has 1 atom stereocenters. The van der Waals surface area contributed by atoms with Crippen LogP contribution in [-0.2, 0) is 16.0 Å². The standard InChI is InChI=1S/C29H25ClN2O3/c1-18-27(23-13-4-5-14-25(23)32-28(18)20-10-6-11-21(30)16-20)29(34)35-17-26(33)31-24-15-7-9-19-8-2-3-12-22(19)24/h2-6,8,10-14,16,24H,7,9,15,17H2,1H3,(H,31,33). The van der Waals surface area contributed by atoms with Crippen molar-refractivity contribution in [1.82, 2.24) is 10.3 Å². The van der Waals surface area contributed by atoms with Gasteiger partial charge in [0.2, 0.25) is 0 Å². The molecule has 0 spiro atoms. The summed E-state index contributed by atoms with van der Waals surface area (Å²) in [5.41, 5.74) is 5.61. The van der Waals surface area contributed by atoms with Crippen LogP contribution in [0.4, 0.5) is 0 Å². The van der Waals surface area contributed by atoms with E-state index in [2.05, 4.69) is 17.4 Å². The molecule has 1 heterocycles. The molecule has 0 aliphatic heterocycles. The highest BCUT2D eigenvalue weighted by atomic mass is 35.5. The number of esters is 1. The Hall–Kier alpha value is -3.70. The summed E-state index contributed by atoms with van der Waals surface area (Å²) in [6.45, 7) is 1.49. The molecule has 1 aliphatic carbocycles. The van der Waals surface area contributed by atoms with Crippen LogP contribution in [0.2, 0.25) is 5.02 Å². The Bertz CT molecular complexity index is 1430. The van der Waals surface area contributed by atoms with E-state index in [0.29, 0.717) is 32.7 Å². The highest BCUT2D eigenvalue weighted by Gasteiger charge is 2.24. The zero-order chi connectivity index (χ0) is 24.4. The molecular formula is C29H25ClN2O3. The fourth-order valence-electron chi connectivity index (χ4n) is 4.83. The lowest BCUT2D eigenvalue weighted by Crippen LogP contribution is -2.34. The number of hydrogen-bond donors (Lipinski definition) is 1. The molecule has 176 valence electrons. The fourth-order valence-corrected chi connectivity index (χ4v) is 5.02. The number of hydrogen-bond acceptors (Lipinski definition) is 4. The molecule has 6 heteroatoms. The number of nitrogens with zero attached hydrogens (tertiary/aromatic N) is 1. The van der Waals surface area contributed by atoms with Crippen molar-refractivity contribution >= 4 is 34.4 Å². The van der Waals surface area contributed by atoms with Crippen LogP contribution in [0.15, 0.2) is 72.8 Å².